The first-order valence-corrected chi connectivity index (χ1v) is 9.44. The Morgan fingerprint density at radius 2 is 2.15 bits per heavy atom. The fourth-order valence-electron chi connectivity index (χ4n) is 3.89. The number of fused-ring (bicyclic) bond motifs is 1. The molecule has 27 heavy (non-hydrogen) atoms. The first kappa shape index (κ1) is 17.7. The maximum atomic E-state index is 12.0. The molecule has 2 N–H and O–H groups in total. The van der Waals surface area contributed by atoms with Crippen molar-refractivity contribution in [3.8, 4) is 11.5 Å². The fraction of sp³-hybridized carbons (Fsp3) is 0.364. The van der Waals surface area contributed by atoms with Gasteiger partial charge in [-0.3, -0.25) is 9.69 Å². The minimum atomic E-state index is -0.486. The second-order valence-electron chi connectivity index (χ2n) is 7.75. The summed E-state index contributed by atoms with van der Waals surface area (Å²) in [6, 6.07) is 9.91. The van der Waals surface area contributed by atoms with E-state index in [0.717, 1.165) is 36.3 Å². The number of hydrogen-bond donors (Lipinski definition) is 1. The maximum Gasteiger partial charge on any atom is 0.252 e. The molecule has 2 heterocycles. The van der Waals surface area contributed by atoms with Crippen molar-refractivity contribution in [2.45, 2.75) is 33.7 Å². The molecule has 1 fully saturated rings. The van der Waals surface area contributed by atoms with Crippen molar-refractivity contribution in [1.29, 1.82) is 0 Å². The smallest absolute Gasteiger partial charge is 0.252 e. The van der Waals surface area contributed by atoms with Gasteiger partial charge in [-0.25, -0.2) is 4.98 Å². The molecule has 1 aliphatic heterocycles. The average Bonchev–Trinajstić information content (AvgIpc) is 3.22. The van der Waals surface area contributed by atoms with Crippen LogP contribution in [-0.2, 0) is 6.54 Å². The Morgan fingerprint density at radius 3 is 2.85 bits per heavy atom. The van der Waals surface area contributed by atoms with Crippen LogP contribution >= 0.6 is 0 Å². The summed E-state index contributed by atoms with van der Waals surface area (Å²) in [5.74, 6) is 0.758. The summed E-state index contributed by atoms with van der Waals surface area (Å²) < 4.78 is 6.00. The number of oxazole rings is 1. The Bertz CT molecular complexity index is 1020. The largest absolute Gasteiger partial charge is 0.435 e. The van der Waals surface area contributed by atoms with Crippen LogP contribution < -0.4 is 5.73 Å². The summed E-state index contributed by atoms with van der Waals surface area (Å²) in [5, 5.41) is 0. The van der Waals surface area contributed by atoms with Gasteiger partial charge in [0, 0.05) is 18.7 Å². The van der Waals surface area contributed by atoms with Crippen molar-refractivity contribution in [2.24, 2.45) is 11.7 Å². The highest BCUT2D eigenvalue weighted by atomic mass is 16.3. The number of aryl methyl sites for hydroxylation is 1. The summed E-state index contributed by atoms with van der Waals surface area (Å²) in [5.41, 5.74) is 11.5. The number of primary amides is 1. The van der Waals surface area contributed by atoms with Crippen molar-refractivity contribution in [1.82, 2.24) is 9.88 Å². The Kier molecular flexibility index (Phi) is 4.48. The van der Waals surface area contributed by atoms with Gasteiger partial charge in [0.2, 0.25) is 5.89 Å². The Morgan fingerprint density at radius 1 is 1.33 bits per heavy atom. The fourth-order valence-corrected chi connectivity index (χ4v) is 3.89. The van der Waals surface area contributed by atoms with Gasteiger partial charge in [0.05, 0.1) is 5.56 Å². The van der Waals surface area contributed by atoms with Gasteiger partial charge in [-0.1, -0.05) is 19.1 Å². The molecule has 5 heteroatoms. The summed E-state index contributed by atoms with van der Waals surface area (Å²) in [7, 11) is 0. The molecule has 1 aliphatic rings. The molecule has 1 amide bonds. The highest BCUT2D eigenvalue weighted by molar-refractivity contribution is 6.04. The van der Waals surface area contributed by atoms with E-state index in [2.05, 4.69) is 36.7 Å². The molecular formula is C22H25N3O2. The van der Waals surface area contributed by atoms with Crippen LogP contribution in [0.4, 0.5) is 0 Å². The van der Waals surface area contributed by atoms with E-state index in [4.69, 9.17) is 10.2 Å². The van der Waals surface area contributed by atoms with Gasteiger partial charge in [-0.2, -0.15) is 0 Å². The molecule has 1 saturated heterocycles. The molecule has 140 valence electrons. The third kappa shape index (κ3) is 3.35. The molecule has 1 atom stereocenters. The molecule has 0 saturated carbocycles. The summed E-state index contributed by atoms with van der Waals surface area (Å²) in [4.78, 5) is 19.1. The van der Waals surface area contributed by atoms with Crippen LogP contribution in [0.1, 0.15) is 40.4 Å². The lowest BCUT2D eigenvalue weighted by atomic mass is 10.0. The van der Waals surface area contributed by atoms with Crippen molar-refractivity contribution >= 4 is 17.0 Å². The van der Waals surface area contributed by atoms with Crippen molar-refractivity contribution in [3.63, 3.8) is 0 Å². The van der Waals surface area contributed by atoms with Crippen molar-refractivity contribution in [2.75, 3.05) is 13.1 Å². The van der Waals surface area contributed by atoms with E-state index >= 15 is 0 Å². The highest BCUT2D eigenvalue weighted by Gasteiger charge is 2.21. The van der Waals surface area contributed by atoms with Gasteiger partial charge in [0.15, 0.2) is 5.58 Å². The molecule has 4 rings (SSSR count). The number of carbonyl (C=O) groups is 1. The second kappa shape index (κ2) is 6.82. The topological polar surface area (TPSA) is 72.4 Å². The number of amides is 1. The minimum absolute atomic E-state index is 0.402. The summed E-state index contributed by atoms with van der Waals surface area (Å²) >= 11 is 0. The lowest BCUT2D eigenvalue weighted by Crippen LogP contribution is -2.20. The normalized spacial score (nSPS) is 17.7. The van der Waals surface area contributed by atoms with Crippen LogP contribution in [0.3, 0.4) is 0 Å². The van der Waals surface area contributed by atoms with Crippen LogP contribution in [-0.4, -0.2) is 28.9 Å². The molecule has 3 aromatic rings. The number of carbonyl (C=O) groups excluding carboxylic acids is 1. The number of benzene rings is 2. The Labute approximate surface area is 159 Å². The third-order valence-electron chi connectivity index (χ3n) is 5.56. The first-order chi connectivity index (χ1) is 12.9. The molecule has 5 nitrogen and oxygen atoms in total. The number of likely N-dealkylation sites (tertiary alicyclic amines) is 1. The van der Waals surface area contributed by atoms with Gasteiger partial charge >= 0.3 is 0 Å². The molecule has 0 unspecified atom stereocenters. The number of hydrogen-bond acceptors (Lipinski definition) is 4. The quantitative estimate of drug-likeness (QED) is 0.759. The van der Waals surface area contributed by atoms with E-state index in [1.807, 2.05) is 24.3 Å². The number of aromatic nitrogens is 1. The van der Waals surface area contributed by atoms with E-state index in [1.165, 1.54) is 12.0 Å². The number of nitrogens with zero attached hydrogens (tertiary/aromatic N) is 2. The van der Waals surface area contributed by atoms with Crippen LogP contribution in [0.25, 0.3) is 22.6 Å². The minimum Gasteiger partial charge on any atom is -0.435 e. The van der Waals surface area contributed by atoms with Crippen molar-refractivity contribution in [3.05, 3.63) is 52.6 Å². The van der Waals surface area contributed by atoms with E-state index < -0.39 is 5.91 Å². The predicted molar refractivity (Wildman–Crippen MR) is 106 cm³/mol. The lowest BCUT2D eigenvalue weighted by molar-refractivity contribution is 0.100. The monoisotopic (exact) mass is 363 g/mol. The second-order valence-corrected chi connectivity index (χ2v) is 7.75. The van der Waals surface area contributed by atoms with Gasteiger partial charge in [0.25, 0.3) is 5.91 Å². The third-order valence-corrected chi connectivity index (χ3v) is 5.56. The average molecular weight is 363 g/mol. The van der Waals surface area contributed by atoms with Crippen LogP contribution in [0, 0.1) is 19.8 Å². The standard InChI is InChI=1S/C22H25N3O2/c1-13-7-8-25(11-13)12-16-9-18(21(23)26)20-19(10-16)24-22(27-20)17-6-4-5-14(2)15(17)3/h4-6,9-10,13H,7-8,11-12H2,1-3H3,(H2,23,26)/t13-/m1/s1. The molecule has 1 aromatic heterocycles. The van der Waals surface area contributed by atoms with Gasteiger partial charge in [-0.15, -0.1) is 0 Å². The molecule has 0 bridgehead atoms. The zero-order valence-electron chi connectivity index (χ0n) is 16.1. The summed E-state index contributed by atoms with van der Waals surface area (Å²) in [6.07, 6.45) is 1.21. The maximum absolute atomic E-state index is 12.0. The molecule has 0 aliphatic carbocycles. The van der Waals surface area contributed by atoms with E-state index in [0.29, 0.717) is 28.5 Å². The van der Waals surface area contributed by atoms with Crippen molar-refractivity contribution < 1.29 is 9.21 Å². The SMILES string of the molecule is Cc1cccc(-c2nc3cc(CN4CC[C@@H](C)C4)cc(C(N)=O)c3o2)c1C. The zero-order valence-corrected chi connectivity index (χ0v) is 16.1. The van der Waals surface area contributed by atoms with Gasteiger partial charge < -0.3 is 10.2 Å². The highest BCUT2D eigenvalue weighted by Crippen LogP contribution is 2.31. The van der Waals surface area contributed by atoms with E-state index in [-0.39, 0.29) is 0 Å². The zero-order chi connectivity index (χ0) is 19.1. The number of rotatable bonds is 4. The number of nitrogens with two attached hydrogens (primary N) is 1. The van der Waals surface area contributed by atoms with Crippen LogP contribution in [0.2, 0.25) is 0 Å². The van der Waals surface area contributed by atoms with Crippen LogP contribution in [0.5, 0.6) is 0 Å². The van der Waals surface area contributed by atoms with Gasteiger partial charge in [-0.05, 0) is 67.6 Å². The van der Waals surface area contributed by atoms with E-state index in [1.54, 1.807) is 0 Å². The Balaban J connectivity index is 1.78. The summed E-state index contributed by atoms with van der Waals surface area (Å²) in [6.45, 7) is 9.34. The first-order valence-electron chi connectivity index (χ1n) is 9.44. The molecule has 2 aromatic carbocycles. The lowest BCUT2D eigenvalue weighted by Gasteiger charge is -2.15. The molecular weight excluding hydrogens is 338 g/mol. The molecule has 0 radical (unpaired) electrons. The molecule has 0 spiro atoms. The van der Waals surface area contributed by atoms with Crippen LogP contribution in [0.15, 0.2) is 34.7 Å². The van der Waals surface area contributed by atoms with E-state index in [9.17, 15) is 4.79 Å². The Hall–Kier alpha value is -2.66. The van der Waals surface area contributed by atoms with Gasteiger partial charge in [0.1, 0.15) is 5.52 Å². The predicted octanol–water partition coefficient (Wildman–Crippen LogP) is 4.05.